The van der Waals surface area contributed by atoms with Crippen LogP contribution in [0.5, 0.6) is 0 Å². The van der Waals surface area contributed by atoms with E-state index >= 15 is 0 Å². The van der Waals surface area contributed by atoms with Crippen molar-refractivity contribution in [2.24, 2.45) is 0 Å². The Morgan fingerprint density at radius 1 is 1.35 bits per heavy atom. The molecule has 0 radical (unpaired) electrons. The molecule has 4 nitrogen and oxygen atoms in total. The third kappa shape index (κ3) is 5.90. The van der Waals surface area contributed by atoms with Crippen LogP contribution in [-0.2, 0) is 18.7 Å². The van der Waals surface area contributed by atoms with Gasteiger partial charge in [-0.3, -0.25) is 4.79 Å². The van der Waals surface area contributed by atoms with E-state index in [-0.39, 0.29) is 29.3 Å². The van der Waals surface area contributed by atoms with Crippen LogP contribution < -0.4 is 0 Å². The number of hydrogen-bond donors (Lipinski definition) is 0. The topological polar surface area (TPSA) is 44.8 Å². The van der Waals surface area contributed by atoms with E-state index in [9.17, 15) is 4.79 Å². The molecule has 0 aromatic rings. The van der Waals surface area contributed by atoms with E-state index in [0.717, 1.165) is 6.42 Å². The third-order valence-electron chi connectivity index (χ3n) is 4.60. The molecule has 5 heteroatoms. The summed E-state index contributed by atoms with van der Waals surface area (Å²) in [6, 6.07) is 0. The minimum absolute atomic E-state index is 0.0305. The first-order chi connectivity index (χ1) is 10.6. The summed E-state index contributed by atoms with van der Waals surface area (Å²) in [5.41, 5.74) is 0. The molecule has 132 valence electrons. The summed E-state index contributed by atoms with van der Waals surface area (Å²) < 4.78 is 17.8. The average Bonchev–Trinajstić information content (AvgIpc) is 2.46. The van der Waals surface area contributed by atoms with Gasteiger partial charge in [-0.1, -0.05) is 39.8 Å². The van der Waals surface area contributed by atoms with Crippen molar-refractivity contribution in [1.29, 1.82) is 0 Å². The Hall–Kier alpha value is -0.913. The molecule has 3 atom stereocenters. The van der Waals surface area contributed by atoms with Gasteiger partial charge in [-0.2, -0.15) is 0 Å². The Morgan fingerprint density at radius 2 is 2.00 bits per heavy atom. The molecule has 1 rings (SSSR count). The lowest BCUT2D eigenvalue weighted by molar-refractivity contribution is -0.158. The van der Waals surface area contributed by atoms with Crippen LogP contribution in [0.15, 0.2) is 24.8 Å². The fraction of sp³-hybridized carbons (Fsp3) is 0.722. The summed E-state index contributed by atoms with van der Waals surface area (Å²) in [5.74, 6) is -0.220. The predicted octanol–water partition coefficient (Wildman–Crippen LogP) is 4.23. The number of carbonyl (C=O) groups excluding carboxylic acids is 1. The van der Waals surface area contributed by atoms with Gasteiger partial charge in [-0.15, -0.1) is 6.58 Å². The maximum absolute atomic E-state index is 11.6. The normalized spacial score (nSPS) is 25.2. The molecule has 1 heterocycles. The van der Waals surface area contributed by atoms with Gasteiger partial charge in [0.25, 0.3) is 0 Å². The van der Waals surface area contributed by atoms with Crippen molar-refractivity contribution in [2.45, 2.75) is 77.0 Å². The molecular weight excluding hydrogens is 308 g/mol. The van der Waals surface area contributed by atoms with Gasteiger partial charge in [0, 0.05) is 6.42 Å². The van der Waals surface area contributed by atoms with Crippen LogP contribution in [0.25, 0.3) is 0 Å². The van der Waals surface area contributed by atoms with Crippen LogP contribution in [-0.4, -0.2) is 39.2 Å². The quantitative estimate of drug-likeness (QED) is 0.395. The minimum atomic E-state index is -1.87. The highest BCUT2D eigenvalue weighted by atomic mass is 28.4. The summed E-state index contributed by atoms with van der Waals surface area (Å²) >= 11 is 0. The molecule has 0 bridgehead atoms. The molecule has 0 N–H and O–H groups in total. The van der Waals surface area contributed by atoms with E-state index in [4.69, 9.17) is 13.9 Å². The van der Waals surface area contributed by atoms with Crippen LogP contribution in [0, 0.1) is 0 Å². The van der Waals surface area contributed by atoms with Gasteiger partial charge in [0.05, 0.1) is 12.7 Å². The van der Waals surface area contributed by atoms with E-state index in [0.29, 0.717) is 13.0 Å². The maximum atomic E-state index is 11.6. The standard InChI is InChI=1S/C18H32O4Si/c1-8-10-14-11-12-15(22-17(19)9-2)16(21-14)13-20-23(6,7)18(3,4)5/h8,11-12,14-16H,1,9-10,13H2,2-7H3/t14-,15-,16-/m1/s1. The van der Waals surface area contributed by atoms with Crippen molar-refractivity contribution < 1.29 is 18.7 Å². The smallest absolute Gasteiger partial charge is 0.306 e. The zero-order chi connectivity index (χ0) is 17.7. The van der Waals surface area contributed by atoms with Crippen LogP contribution in [0.4, 0.5) is 0 Å². The molecule has 0 fully saturated rings. The van der Waals surface area contributed by atoms with E-state index in [1.807, 2.05) is 18.2 Å². The van der Waals surface area contributed by atoms with E-state index in [1.165, 1.54) is 0 Å². The first-order valence-corrected chi connectivity index (χ1v) is 11.3. The van der Waals surface area contributed by atoms with Crippen LogP contribution in [0.2, 0.25) is 18.1 Å². The average molecular weight is 341 g/mol. The highest BCUT2D eigenvalue weighted by molar-refractivity contribution is 6.74. The van der Waals surface area contributed by atoms with Crippen molar-refractivity contribution in [1.82, 2.24) is 0 Å². The lowest BCUT2D eigenvalue weighted by Crippen LogP contribution is -2.47. The molecule has 0 aliphatic carbocycles. The molecule has 0 unspecified atom stereocenters. The second-order valence-corrected chi connectivity index (χ2v) is 12.3. The summed E-state index contributed by atoms with van der Waals surface area (Å²) in [6.07, 6.45) is 6.11. The van der Waals surface area contributed by atoms with E-state index < -0.39 is 8.32 Å². The SMILES string of the molecule is C=CC[C@@H]1C=C[C@@H](OC(=O)CC)[C@@H](CO[Si](C)(C)C(C)(C)C)O1. The summed E-state index contributed by atoms with van der Waals surface area (Å²) in [5, 5.41) is 0.133. The molecule has 0 saturated heterocycles. The third-order valence-corrected chi connectivity index (χ3v) is 9.10. The van der Waals surface area contributed by atoms with Crippen LogP contribution in [0.1, 0.15) is 40.5 Å². The Balaban J connectivity index is 2.78. The highest BCUT2D eigenvalue weighted by Crippen LogP contribution is 2.37. The highest BCUT2D eigenvalue weighted by Gasteiger charge is 2.39. The number of ether oxygens (including phenoxy) is 2. The van der Waals surface area contributed by atoms with Crippen LogP contribution >= 0.6 is 0 Å². The maximum Gasteiger partial charge on any atom is 0.306 e. The summed E-state index contributed by atoms with van der Waals surface area (Å²) in [7, 11) is -1.87. The Labute approximate surface area is 142 Å². The van der Waals surface area contributed by atoms with Gasteiger partial charge < -0.3 is 13.9 Å². The van der Waals surface area contributed by atoms with Gasteiger partial charge >= 0.3 is 5.97 Å². The van der Waals surface area contributed by atoms with Crippen molar-refractivity contribution in [3.63, 3.8) is 0 Å². The predicted molar refractivity (Wildman–Crippen MR) is 95.9 cm³/mol. The van der Waals surface area contributed by atoms with Gasteiger partial charge in [0.1, 0.15) is 12.2 Å². The number of rotatable bonds is 7. The molecular formula is C18H32O4Si. The van der Waals surface area contributed by atoms with Crippen molar-refractivity contribution in [3.8, 4) is 0 Å². The fourth-order valence-electron chi connectivity index (χ4n) is 1.99. The summed E-state index contributed by atoms with van der Waals surface area (Å²) in [4.78, 5) is 11.6. The molecule has 23 heavy (non-hydrogen) atoms. The van der Waals surface area contributed by atoms with Gasteiger partial charge in [-0.25, -0.2) is 0 Å². The second-order valence-electron chi connectivity index (χ2n) is 7.50. The molecule has 0 aromatic heterocycles. The Bertz CT molecular complexity index is 437. The van der Waals surface area contributed by atoms with E-state index in [1.54, 1.807) is 6.92 Å². The molecule has 0 amide bonds. The van der Waals surface area contributed by atoms with Crippen molar-refractivity contribution in [2.75, 3.05) is 6.61 Å². The molecule has 0 saturated carbocycles. The monoisotopic (exact) mass is 340 g/mol. The lowest BCUT2D eigenvalue weighted by atomic mass is 10.1. The first-order valence-electron chi connectivity index (χ1n) is 8.39. The fourth-order valence-corrected chi connectivity index (χ4v) is 3.01. The lowest BCUT2D eigenvalue weighted by Gasteiger charge is -2.39. The molecule has 0 spiro atoms. The van der Waals surface area contributed by atoms with Gasteiger partial charge in [0.15, 0.2) is 8.32 Å². The zero-order valence-electron chi connectivity index (χ0n) is 15.4. The van der Waals surface area contributed by atoms with Gasteiger partial charge in [-0.05, 0) is 30.6 Å². The van der Waals surface area contributed by atoms with Crippen molar-refractivity contribution >= 4 is 14.3 Å². The number of esters is 1. The Morgan fingerprint density at radius 3 is 2.52 bits per heavy atom. The molecule has 1 aliphatic rings. The van der Waals surface area contributed by atoms with Crippen LogP contribution in [0.3, 0.4) is 0 Å². The van der Waals surface area contributed by atoms with E-state index in [2.05, 4.69) is 40.4 Å². The molecule has 1 aliphatic heterocycles. The zero-order valence-corrected chi connectivity index (χ0v) is 16.4. The van der Waals surface area contributed by atoms with Gasteiger partial charge in [0.2, 0.25) is 0 Å². The molecule has 0 aromatic carbocycles. The second kappa shape index (κ2) is 8.26. The Kier molecular flexibility index (Phi) is 7.23. The first kappa shape index (κ1) is 20.1. The minimum Gasteiger partial charge on any atom is -0.455 e. The largest absolute Gasteiger partial charge is 0.455 e. The summed E-state index contributed by atoms with van der Waals surface area (Å²) in [6.45, 7) is 17.0. The number of carbonyl (C=O) groups is 1. The van der Waals surface area contributed by atoms with Crippen molar-refractivity contribution in [3.05, 3.63) is 24.8 Å². The number of hydrogen-bond acceptors (Lipinski definition) is 4.